The summed E-state index contributed by atoms with van der Waals surface area (Å²) >= 11 is 1.16. The molecule has 0 bridgehead atoms. The Hall–Kier alpha value is -1.77. The SMILES string of the molecule is CC(C)CNC(=O)NC(=O)[C@H](C)Sc1n[nH]c(=O)n1C1CC1. The van der Waals surface area contributed by atoms with E-state index in [0.29, 0.717) is 17.6 Å². The number of hydrogen-bond donors (Lipinski definition) is 3. The van der Waals surface area contributed by atoms with E-state index in [1.807, 2.05) is 13.8 Å². The van der Waals surface area contributed by atoms with E-state index in [-0.39, 0.29) is 11.7 Å². The lowest BCUT2D eigenvalue weighted by molar-refractivity contribution is -0.119. The number of carbonyl (C=O) groups excluding carboxylic acids is 2. The molecule has 1 aliphatic carbocycles. The standard InChI is InChI=1S/C13H21N5O3S/c1-7(2)6-14-11(20)15-10(19)8(3)22-13-17-16-12(21)18(13)9-4-5-9/h7-9H,4-6H2,1-3H3,(H,16,21)(H2,14,15,19,20)/t8-/m0/s1. The van der Waals surface area contributed by atoms with Crippen LogP contribution in [0.5, 0.6) is 0 Å². The van der Waals surface area contributed by atoms with Gasteiger partial charge in [-0.15, -0.1) is 5.10 Å². The number of amides is 3. The molecule has 0 aromatic carbocycles. The summed E-state index contributed by atoms with van der Waals surface area (Å²) in [6.07, 6.45) is 1.90. The third-order valence-corrected chi connectivity index (χ3v) is 4.21. The van der Waals surface area contributed by atoms with Gasteiger partial charge in [0.2, 0.25) is 5.91 Å². The topological polar surface area (TPSA) is 109 Å². The Morgan fingerprint density at radius 2 is 2.09 bits per heavy atom. The smallest absolute Gasteiger partial charge is 0.338 e. The van der Waals surface area contributed by atoms with Gasteiger partial charge < -0.3 is 5.32 Å². The summed E-state index contributed by atoms with van der Waals surface area (Å²) in [5.74, 6) is -0.103. The van der Waals surface area contributed by atoms with Crippen LogP contribution in [0.25, 0.3) is 0 Å². The highest BCUT2D eigenvalue weighted by Crippen LogP contribution is 2.36. The first-order valence-electron chi connectivity index (χ1n) is 7.30. The average Bonchev–Trinajstić information content (AvgIpc) is 3.21. The van der Waals surface area contributed by atoms with Crippen molar-refractivity contribution in [3.05, 3.63) is 10.5 Å². The molecule has 122 valence electrons. The number of nitrogens with one attached hydrogen (secondary N) is 3. The van der Waals surface area contributed by atoms with Crippen LogP contribution in [-0.2, 0) is 4.79 Å². The monoisotopic (exact) mass is 327 g/mol. The molecule has 0 radical (unpaired) electrons. The highest BCUT2D eigenvalue weighted by molar-refractivity contribution is 8.00. The Morgan fingerprint density at radius 1 is 1.41 bits per heavy atom. The summed E-state index contributed by atoms with van der Waals surface area (Å²) in [6.45, 7) is 6.11. The van der Waals surface area contributed by atoms with Crippen molar-refractivity contribution in [2.24, 2.45) is 5.92 Å². The molecule has 1 aliphatic rings. The van der Waals surface area contributed by atoms with Gasteiger partial charge in [-0.25, -0.2) is 14.7 Å². The summed E-state index contributed by atoms with van der Waals surface area (Å²) in [6, 6.07) is -0.328. The highest BCUT2D eigenvalue weighted by Gasteiger charge is 2.30. The van der Waals surface area contributed by atoms with E-state index >= 15 is 0 Å². The summed E-state index contributed by atoms with van der Waals surface area (Å²) < 4.78 is 1.58. The number of rotatable bonds is 6. The molecule has 8 nitrogen and oxygen atoms in total. The Balaban J connectivity index is 1.89. The first kappa shape index (κ1) is 16.6. The van der Waals surface area contributed by atoms with Crippen molar-refractivity contribution < 1.29 is 9.59 Å². The maximum atomic E-state index is 12.0. The van der Waals surface area contributed by atoms with E-state index < -0.39 is 17.2 Å². The first-order valence-corrected chi connectivity index (χ1v) is 8.18. The van der Waals surface area contributed by atoms with E-state index in [2.05, 4.69) is 20.8 Å². The van der Waals surface area contributed by atoms with Crippen LogP contribution in [0.1, 0.15) is 39.7 Å². The van der Waals surface area contributed by atoms with Crippen molar-refractivity contribution in [2.75, 3.05) is 6.54 Å². The second kappa shape index (κ2) is 6.99. The predicted molar refractivity (Wildman–Crippen MR) is 82.8 cm³/mol. The Labute approximate surface area is 132 Å². The van der Waals surface area contributed by atoms with Gasteiger partial charge >= 0.3 is 11.7 Å². The van der Waals surface area contributed by atoms with Gasteiger partial charge in [0.15, 0.2) is 5.16 Å². The molecule has 1 aromatic heterocycles. The summed E-state index contributed by atoms with van der Waals surface area (Å²) in [5, 5.41) is 11.2. The number of carbonyl (C=O) groups is 2. The molecule has 22 heavy (non-hydrogen) atoms. The number of H-pyrrole nitrogens is 1. The molecule has 9 heteroatoms. The molecule has 3 amide bonds. The number of hydrogen-bond acceptors (Lipinski definition) is 5. The minimum Gasteiger partial charge on any atom is -0.338 e. The van der Waals surface area contributed by atoms with Gasteiger partial charge in [-0.3, -0.25) is 14.7 Å². The van der Waals surface area contributed by atoms with Gasteiger partial charge in [0.25, 0.3) is 0 Å². The number of aromatic nitrogens is 3. The van der Waals surface area contributed by atoms with Gasteiger partial charge in [-0.05, 0) is 25.7 Å². The van der Waals surface area contributed by atoms with Crippen LogP contribution in [0, 0.1) is 5.92 Å². The van der Waals surface area contributed by atoms with E-state index in [1.54, 1.807) is 11.5 Å². The summed E-state index contributed by atoms with van der Waals surface area (Å²) in [7, 11) is 0. The number of urea groups is 1. The lowest BCUT2D eigenvalue weighted by Gasteiger charge is -2.12. The van der Waals surface area contributed by atoms with Crippen molar-refractivity contribution in [3.8, 4) is 0 Å². The van der Waals surface area contributed by atoms with Crippen LogP contribution in [0.15, 0.2) is 9.95 Å². The Bertz CT molecular complexity index is 605. The van der Waals surface area contributed by atoms with Gasteiger partial charge in [0.05, 0.1) is 5.25 Å². The molecule has 1 saturated carbocycles. The van der Waals surface area contributed by atoms with Crippen LogP contribution in [0.2, 0.25) is 0 Å². The zero-order chi connectivity index (χ0) is 16.3. The molecule has 0 aliphatic heterocycles. The Kier molecular flexibility index (Phi) is 5.28. The summed E-state index contributed by atoms with van der Waals surface area (Å²) in [4.78, 5) is 35.2. The highest BCUT2D eigenvalue weighted by atomic mass is 32.2. The van der Waals surface area contributed by atoms with Gasteiger partial charge in [-0.2, -0.15) is 0 Å². The van der Waals surface area contributed by atoms with Crippen LogP contribution >= 0.6 is 11.8 Å². The molecule has 3 N–H and O–H groups in total. The van der Waals surface area contributed by atoms with Crippen molar-refractivity contribution in [3.63, 3.8) is 0 Å². The molecule has 2 rings (SSSR count). The maximum Gasteiger partial charge on any atom is 0.344 e. The van der Waals surface area contributed by atoms with Crippen molar-refractivity contribution >= 4 is 23.7 Å². The first-order chi connectivity index (χ1) is 10.4. The molecule has 0 unspecified atom stereocenters. The van der Waals surface area contributed by atoms with Gasteiger partial charge in [-0.1, -0.05) is 25.6 Å². The van der Waals surface area contributed by atoms with E-state index in [9.17, 15) is 14.4 Å². The van der Waals surface area contributed by atoms with E-state index in [1.165, 1.54) is 0 Å². The lowest BCUT2D eigenvalue weighted by Crippen LogP contribution is -2.43. The average molecular weight is 327 g/mol. The van der Waals surface area contributed by atoms with Crippen molar-refractivity contribution in [2.45, 2.75) is 50.1 Å². The van der Waals surface area contributed by atoms with Gasteiger partial charge in [0.1, 0.15) is 0 Å². The lowest BCUT2D eigenvalue weighted by atomic mass is 10.2. The van der Waals surface area contributed by atoms with Crippen molar-refractivity contribution in [1.82, 2.24) is 25.4 Å². The number of thioether (sulfide) groups is 1. The van der Waals surface area contributed by atoms with E-state index in [0.717, 1.165) is 24.6 Å². The normalized spacial score (nSPS) is 15.6. The van der Waals surface area contributed by atoms with Crippen LogP contribution in [0.3, 0.4) is 0 Å². The largest absolute Gasteiger partial charge is 0.344 e. The van der Waals surface area contributed by atoms with E-state index in [4.69, 9.17) is 0 Å². The quantitative estimate of drug-likeness (QED) is 0.672. The zero-order valence-corrected chi connectivity index (χ0v) is 13.7. The van der Waals surface area contributed by atoms with Crippen LogP contribution in [0.4, 0.5) is 4.79 Å². The molecular formula is C13H21N5O3S. The third kappa shape index (κ3) is 4.36. The fourth-order valence-electron chi connectivity index (χ4n) is 1.79. The number of imide groups is 1. The molecule has 1 heterocycles. The number of nitrogens with zero attached hydrogens (tertiary/aromatic N) is 2. The maximum absolute atomic E-state index is 12.0. The molecule has 0 saturated heterocycles. The fraction of sp³-hybridized carbons (Fsp3) is 0.692. The zero-order valence-electron chi connectivity index (χ0n) is 12.9. The second-order valence-corrected chi connectivity index (χ2v) is 7.07. The predicted octanol–water partition coefficient (Wildman–Crippen LogP) is 0.869. The Morgan fingerprint density at radius 3 is 2.68 bits per heavy atom. The second-order valence-electron chi connectivity index (χ2n) is 5.77. The van der Waals surface area contributed by atoms with Crippen molar-refractivity contribution in [1.29, 1.82) is 0 Å². The molecule has 0 spiro atoms. The molecule has 1 atom stereocenters. The molecule has 1 fully saturated rings. The minimum atomic E-state index is -0.530. The fourth-order valence-corrected chi connectivity index (χ4v) is 2.72. The third-order valence-electron chi connectivity index (χ3n) is 3.14. The number of aromatic amines is 1. The van der Waals surface area contributed by atoms with Crippen LogP contribution in [-0.4, -0.2) is 38.5 Å². The minimum absolute atomic E-state index is 0.179. The van der Waals surface area contributed by atoms with Gasteiger partial charge in [0, 0.05) is 12.6 Å². The summed E-state index contributed by atoms with van der Waals surface area (Å²) in [5.41, 5.74) is -0.257. The molecule has 1 aromatic rings. The van der Waals surface area contributed by atoms with Crippen LogP contribution < -0.4 is 16.3 Å². The molecular weight excluding hydrogens is 306 g/mol.